The second-order valence-electron chi connectivity index (χ2n) is 13.6. The second kappa shape index (κ2) is 9.74. The van der Waals surface area contributed by atoms with Crippen LogP contribution >= 0.6 is 11.6 Å². The van der Waals surface area contributed by atoms with Crippen LogP contribution in [-0.4, -0.2) is 77.8 Å². The van der Waals surface area contributed by atoms with E-state index in [4.69, 9.17) is 16.6 Å². The molecule has 6 aliphatic rings. The first kappa shape index (κ1) is 26.9. The lowest BCUT2D eigenvalue weighted by Crippen LogP contribution is -2.66. The number of phenols is 1. The third kappa shape index (κ3) is 3.85. The fourth-order valence-electron chi connectivity index (χ4n) is 9.20. The molecule has 6 aliphatic heterocycles. The summed E-state index contributed by atoms with van der Waals surface area (Å²) in [5.74, 6) is 7.69. The molecule has 0 aliphatic carbocycles. The Kier molecular flexibility index (Phi) is 5.95. The van der Waals surface area contributed by atoms with Gasteiger partial charge < -0.3 is 25.1 Å². The number of halogens is 1. The van der Waals surface area contributed by atoms with Crippen LogP contribution in [0.4, 0.5) is 17.1 Å². The number of nitrogens with zero attached hydrogens (tertiary/aromatic N) is 5. The lowest BCUT2D eigenvalue weighted by molar-refractivity contribution is -0.120. The van der Waals surface area contributed by atoms with E-state index >= 15 is 0 Å². The molecular formula is C35H37ClN6O2. The third-order valence-electron chi connectivity index (χ3n) is 11.2. The number of amides is 1. The molecular weight excluding hydrogens is 572 g/mol. The van der Waals surface area contributed by atoms with Gasteiger partial charge in [0.05, 0.1) is 34.2 Å². The Morgan fingerprint density at radius 2 is 1.95 bits per heavy atom. The molecule has 0 radical (unpaired) electrons. The van der Waals surface area contributed by atoms with Crippen molar-refractivity contribution in [1.29, 1.82) is 0 Å². The first-order chi connectivity index (χ1) is 21.4. The van der Waals surface area contributed by atoms with Gasteiger partial charge >= 0.3 is 0 Å². The Balaban J connectivity index is 1.21. The molecule has 4 saturated heterocycles. The second-order valence-corrected chi connectivity index (χ2v) is 14.0. The molecule has 7 heterocycles. The number of fused-ring (bicyclic) bond motifs is 10. The lowest BCUT2D eigenvalue weighted by Gasteiger charge is -2.49. The molecule has 2 aromatic carbocycles. The Labute approximate surface area is 263 Å². The number of nitrogens with one attached hydrogen (secondary N) is 1. The number of carbonyl (C=O) groups is 1. The Morgan fingerprint density at radius 3 is 2.80 bits per heavy atom. The zero-order valence-electron chi connectivity index (χ0n) is 25.1. The van der Waals surface area contributed by atoms with Crippen molar-refractivity contribution >= 4 is 45.3 Å². The highest BCUT2D eigenvalue weighted by Crippen LogP contribution is 2.47. The fourth-order valence-corrected chi connectivity index (χ4v) is 9.48. The largest absolute Gasteiger partial charge is 0.508 e. The minimum Gasteiger partial charge on any atom is -0.508 e. The third-order valence-corrected chi connectivity index (χ3v) is 11.5. The van der Waals surface area contributed by atoms with E-state index in [2.05, 4.69) is 31.9 Å². The average Bonchev–Trinajstić information content (AvgIpc) is 3.71. The molecule has 0 saturated carbocycles. The number of aromatic hydroxyl groups is 1. The maximum absolute atomic E-state index is 14.0. The van der Waals surface area contributed by atoms with Gasteiger partial charge in [-0.05, 0) is 81.5 Å². The zero-order chi connectivity index (χ0) is 29.7. The average molecular weight is 609 g/mol. The van der Waals surface area contributed by atoms with E-state index in [1.54, 1.807) is 6.07 Å². The van der Waals surface area contributed by atoms with Crippen molar-refractivity contribution in [3.05, 3.63) is 52.3 Å². The molecule has 1 aromatic heterocycles. The summed E-state index contributed by atoms with van der Waals surface area (Å²) in [6.45, 7) is 4.40. The highest BCUT2D eigenvalue weighted by molar-refractivity contribution is 6.36. The van der Waals surface area contributed by atoms with Crippen molar-refractivity contribution in [3.63, 3.8) is 0 Å². The standard InChI is InChI=1S/C35H37ClN6O2/c1-39-32-27(9-13-35-11-3-14-41(35)15-4-12-35)38-28-20-40(29-18-23(43)17-21-5-2-6-25(36)30(21)29)16-10-24(28)31(32)42-19-22-7-8-26(37-22)33(42)34(39)44/h2,5-6,17-18,22,26,33,37,43H,3-4,7-8,10-12,14-16,19-20H2,1H3. The number of anilines is 3. The van der Waals surface area contributed by atoms with Crippen LogP contribution in [0.15, 0.2) is 30.3 Å². The molecule has 3 aromatic rings. The zero-order valence-corrected chi connectivity index (χ0v) is 25.8. The van der Waals surface area contributed by atoms with Crippen LogP contribution < -0.4 is 20.0 Å². The fraction of sp³-hybridized carbons (Fsp3) is 0.486. The molecule has 8 nitrogen and oxygen atoms in total. The van der Waals surface area contributed by atoms with E-state index in [1.165, 1.54) is 18.4 Å². The number of rotatable bonds is 1. The van der Waals surface area contributed by atoms with E-state index < -0.39 is 0 Å². The molecule has 9 rings (SSSR count). The predicted molar refractivity (Wildman–Crippen MR) is 174 cm³/mol. The summed E-state index contributed by atoms with van der Waals surface area (Å²) in [6, 6.07) is 9.76. The molecule has 2 bridgehead atoms. The van der Waals surface area contributed by atoms with Gasteiger partial charge in [0.1, 0.15) is 23.2 Å². The first-order valence-electron chi connectivity index (χ1n) is 16.2. The Morgan fingerprint density at radius 1 is 1.11 bits per heavy atom. The molecule has 3 atom stereocenters. The molecule has 0 spiro atoms. The topological polar surface area (TPSA) is 75.2 Å². The highest BCUT2D eigenvalue weighted by Gasteiger charge is 2.50. The van der Waals surface area contributed by atoms with Crippen molar-refractivity contribution in [2.75, 3.05) is 47.9 Å². The summed E-state index contributed by atoms with van der Waals surface area (Å²) < 4.78 is 0. The van der Waals surface area contributed by atoms with Crippen molar-refractivity contribution in [2.24, 2.45) is 0 Å². The summed E-state index contributed by atoms with van der Waals surface area (Å²) in [5, 5.41) is 16.9. The number of pyridine rings is 1. The van der Waals surface area contributed by atoms with Crippen molar-refractivity contribution in [3.8, 4) is 17.6 Å². The van der Waals surface area contributed by atoms with Crippen LogP contribution in [-0.2, 0) is 17.8 Å². The maximum Gasteiger partial charge on any atom is 0.251 e. The molecule has 4 fully saturated rings. The van der Waals surface area contributed by atoms with Gasteiger partial charge in [0, 0.05) is 49.2 Å². The van der Waals surface area contributed by atoms with Gasteiger partial charge in [-0.15, -0.1) is 0 Å². The van der Waals surface area contributed by atoms with Gasteiger partial charge in [-0.25, -0.2) is 4.98 Å². The molecule has 9 heteroatoms. The highest BCUT2D eigenvalue weighted by atomic mass is 35.5. The SMILES string of the molecule is CN1C(=O)C2C3CCC(CN2c2c4c(nc(C#CC56CCCN5CCC6)c21)CN(c1cc(O)cc2cccc(Cl)c12)CC4)N3. The lowest BCUT2D eigenvalue weighted by atomic mass is 9.91. The van der Waals surface area contributed by atoms with Gasteiger partial charge in [0.25, 0.3) is 5.91 Å². The number of hydrogen-bond acceptors (Lipinski definition) is 7. The van der Waals surface area contributed by atoms with Gasteiger partial charge in [-0.1, -0.05) is 29.7 Å². The van der Waals surface area contributed by atoms with Crippen LogP contribution in [0.1, 0.15) is 55.5 Å². The number of carbonyl (C=O) groups excluding carboxylic acids is 1. The number of hydrogen-bond donors (Lipinski definition) is 2. The number of benzene rings is 2. The smallest absolute Gasteiger partial charge is 0.251 e. The monoisotopic (exact) mass is 608 g/mol. The Hall–Kier alpha value is -3.51. The van der Waals surface area contributed by atoms with E-state index in [1.807, 2.05) is 36.2 Å². The van der Waals surface area contributed by atoms with E-state index in [0.29, 0.717) is 23.3 Å². The van der Waals surface area contributed by atoms with Crippen LogP contribution in [0.3, 0.4) is 0 Å². The minimum absolute atomic E-state index is 0.0678. The molecule has 3 unspecified atom stereocenters. The van der Waals surface area contributed by atoms with Crippen LogP contribution in [0.25, 0.3) is 10.8 Å². The Bertz CT molecular complexity index is 1790. The van der Waals surface area contributed by atoms with E-state index in [9.17, 15) is 9.90 Å². The number of piperazine rings is 1. The van der Waals surface area contributed by atoms with Crippen molar-refractivity contribution in [2.45, 2.75) is 75.2 Å². The van der Waals surface area contributed by atoms with E-state index in [0.717, 1.165) is 91.8 Å². The molecule has 2 N–H and O–H groups in total. The van der Waals surface area contributed by atoms with Gasteiger partial charge in [-0.3, -0.25) is 9.69 Å². The van der Waals surface area contributed by atoms with E-state index in [-0.39, 0.29) is 29.3 Å². The van der Waals surface area contributed by atoms with Gasteiger partial charge in [0.15, 0.2) is 0 Å². The maximum atomic E-state index is 14.0. The van der Waals surface area contributed by atoms with Crippen LogP contribution in [0, 0.1) is 11.8 Å². The summed E-state index contributed by atoms with van der Waals surface area (Å²) >= 11 is 6.74. The van der Waals surface area contributed by atoms with Crippen LogP contribution in [0.5, 0.6) is 5.75 Å². The summed E-state index contributed by atoms with van der Waals surface area (Å²) in [5.41, 5.74) is 5.84. The normalized spacial score (nSPS) is 26.7. The van der Waals surface area contributed by atoms with Gasteiger partial charge in [-0.2, -0.15) is 0 Å². The molecule has 1 amide bonds. The van der Waals surface area contributed by atoms with Gasteiger partial charge in [0.2, 0.25) is 0 Å². The quantitative estimate of drug-likeness (QED) is 0.396. The molecule has 226 valence electrons. The molecule has 44 heavy (non-hydrogen) atoms. The summed E-state index contributed by atoms with van der Waals surface area (Å²) in [6.07, 6.45) is 7.48. The van der Waals surface area contributed by atoms with Crippen molar-refractivity contribution < 1.29 is 9.90 Å². The number of phenolic OH excluding ortho intramolecular Hbond substituents is 1. The van der Waals surface area contributed by atoms with Crippen molar-refractivity contribution in [1.82, 2.24) is 15.2 Å². The number of aromatic nitrogens is 1. The number of likely N-dealkylation sites (N-methyl/N-ethyl adjacent to an activating group) is 1. The van der Waals surface area contributed by atoms with Crippen LogP contribution in [0.2, 0.25) is 5.02 Å². The summed E-state index contributed by atoms with van der Waals surface area (Å²) in [4.78, 5) is 28.4. The predicted octanol–water partition coefficient (Wildman–Crippen LogP) is 4.42. The first-order valence-corrected chi connectivity index (χ1v) is 16.6. The minimum atomic E-state index is -0.204. The summed E-state index contributed by atoms with van der Waals surface area (Å²) in [7, 11) is 1.92.